The Hall–Kier alpha value is -2.16. The Kier molecular flexibility index (Phi) is 15.0. The molecule has 0 spiro atoms. The zero-order valence-corrected chi connectivity index (χ0v) is 11.5. The van der Waals surface area contributed by atoms with Gasteiger partial charge in [-0.15, -0.1) is 0 Å². The summed E-state index contributed by atoms with van der Waals surface area (Å²) in [5, 5.41) is 15.6. The number of hydrogen-bond donors (Lipinski definition) is 5. The lowest BCUT2D eigenvalue weighted by Crippen LogP contribution is -2.36. The Morgan fingerprint density at radius 3 is 2.30 bits per heavy atom. The van der Waals surface area contributed by atoms with Crippen molar-refractivity contribution in [2.24, 2.45) is 5.73 Å². The van der Waals surface area contributed by atoms with Crippen molar-refractivity contribution < 1.29 is 24.3 Å². The van der Waals surface area contributed by atoms with Crippen LogP contribution >= 0.6 is 0 Å². The van der Waals surface area contributed by atoms with Gasteiger partial charge in [0.2, 0.25) is 18.2 Å². The van der Waals surface area contributed by atoms with E-state index in [9.17, 15) is 19.2 Å². The van der Waals surface area contributed by atoms with Crippen LogP contribution in [0.15, 0.2) is 0 Å². The third-order valence-corrected chi connectivity index (χ3v) is 1.73. The fraction of sp³-hybridized carbons (Fsp3) is 0.636. The summed E-state index contributed by atoms with van der Waals surface area (Å²) in [6.45, 7) is 2.79. The summed E-state index contributed by atoms with van der Waals surface area (Å²) >= 11 is 0. The molecule has 0 aromatic carbocycles. The summed E-state index contributed by atoms with van der Waals surface area (Å²) in [5.41, 5.74) is 4.74. The molecule has 0 saturated heterocycles. The van der Waals surface area contributed by atoms with Crippen molar-refractivity contribution in [1.82, 2.24) is 16.0 Å². The number of carbonyl (C=O) groups is 4. The molecule has 116 valence electrons. The van der Waals surface area contributed by atoms with Crippen LogP contribution in [0.5, 0.6) is 0 Å². The highest BCUT2D eigenvalue weighted by Gasteiger charge is 2.00. The van der Waals surface area contributed by atoms with Gasteiger partial charge in [0.05, 0.1) is 13.1 Å². The molecule has 0 radical (unpaired) electrons. The smallest absolute Gasteiger partial charge is 0.317 e. The predicted molar refractivity (Wildman–Crippen MR) is 71.7 cm³/mol. The molecule has 0 heterocycles. The van der Waals surface area contributed by atoms with E-state index in [4.69, 9.17) is 10.8 Å². The van der Waals surface area contributed by atoms with Crippen LogP contribution in [-0.4, -0.2) is 55.5 Å². The fourth-order valence-electron chi connectivity index (χ4n) is 0.864. The molecule has 0 aliphatic carbocycles. The quantitative estimate of drug-likeness (QED) is 0.227. The second-order valence-electron chi connectivity index (χ2n) is 3.64. The Morgan fingerprint density at radius 1 is 1.20 bits per heavy atom. The molecule has 0 aromatic heterocycles. The highest BCUT2D eigenvalue weighted by Crippen LogP contribution is 1.70. The maximum absolute atomic E-state index is 10.8. The summed E-state index contributed by atoms with van der Waals surface area (Å²) in [6, 6.07) is 0. The van der Waals surface area contributed by atoms with Gasteiger partial charge in [-0.05, 0) is 6.42 Å². The Balaban J connectivity index is 0. The van der Waals surface area contributed by atoms with Gasteiger partial charge in [0.15, 0.2) is 0 Å². The molecule has 6 N–H and O–H groups in total. The van der Waals surface area contributed by atoms with Crippen LogP contribution in [0.1, 0.15) is 19.8 Å². The summed E-state index contributed by atoms with van der Waals surface area (Å²) in [5.74, 6) is -1.53. The molecule has 20 heavy (non-hydrogen) atoms. The Labute approximate surface area is 117 Å². The summed E-state index contributed by atoms with van der Waals surface area (Å²) in [7, 11) is 0. The van der Waals surface area contributed by atoms with Crippen molar-refractivity contribution in [2.75, 3.05) is 26.2 Å². The number of nitrogens with one attached hydrogen (secondary N) is 3. The lowest BCUT2D eigenvalue weighted by molar-refractivity contribution is -0.136. The summed E-state index contributed by atoms with van der Waals surface area (Å²) < 4.78 is 0. The van der Waals surface area contributed by atoms with Crippen LogP contribution in [0.25, 0.3) is 0 Å². The van der Waals surface area contributed by atoms with Crippen LogP contribution in [0.4, 0.5) is 0 Å². The van der Waals surface area contributed by atoms with E-state index in [2.05, 4.69) is 16.0 Å². The average Bonchev–Trinajstić information content (AvgIpc) is 2.36. The number of primary amides is 1. The van der Waals surface area contributed by atoms with Crippen molar-refractivity contribution in [3.05, 3.63) is 0 Å². The van der Waals surface area contributed by atoms with E-state index in [1.54, 1.807) is 0 Å². The molecule has 0 aliphatic rings. The molecule has 3 amide bonds. The number of nitrogens with two attached hydrogens (primary N) is 1. The lowest BCUT2D eigenvalue weighted by atomic mass is 10.4. The normalized spacial score (nSPS) is 8.85. The number of carbonyl (C=O) groups excluding carboxylic acids is 3. The van der Waals surface area contributed by atoms with Crippen molar-refractivity contribution in [3.8, 4) is 0 Å². The highest BCUT2D eigenvalue weighted by atomic mass is 16.4. The minimum atomic E-state index is -0.960. The van der Waals surface area contributed by atoms with Gasteiger partial charge in [0.25, 0.3) is 0 Å². The number of amides is 3. The number of rotatable bonds is 10. The molecule has 0 aliphatic heterocycles. The molecular weight excluding hydrogens is 268 g/mol. The molecule has 0 unspecified atom stereocenters. The molecule has 0 aromatic rings. The standard InChI is InChI=1S/C7H14N2O3.C4H8N2O2/c1-2-3-9-6(10)4-8-5-7(11)12;5-4(8)1-2-6-3-7/h8H,2-5H2,1H3,(H,9,10)(H,11,12);3H,1-2H2,(H2,5,8)(H,6,7). The van der Waals surface area contributed by atoms with Crippen LogP contribution in [-0.2, 0) is 19.2 Å². The van der Waals surface area contributed by atoms with Crippen molar-refractivity contribution in [2.45, 2.75) is 19.8 Å². The zero-order valence-electron chi connectivity index (χ0n) is 11.5. The van der Waals surface area contributed by atoms with Crippen LogP contribution in [0.2, 0.25) is 0 Å². The van der Waals surface area contributed by atoms with Crippen LogP contribution < -0.4 is 21.7 Å². The molecular formula is C11H22N4O5. The third kappa shape index (κ3) is 21.2. The van der Waals surface area contributed by atoms with E-state index < -0.39 is 11.9 Å². The molecule has 0 atom stereocenters. The van der Waals surface area contributed by atoms with Gasteiger partial charge in [-0.3, -0.25) is 24.5 Å². The number of aliphatic carboxylic acids is 1. The van der Waals surface area contributed by atoms with Crippen molar-refractivity contribution >= 4 is 24.2 Å². The fourth-order valence-corrected chi connectivity index (χ4v) is 0.864. The van der Waals surface area contributed by atoms with E-state index >= 15 is 0 Å². The molecule has 0 saturated carbocycles. The molecule has 0 rings (SSSR count). The largest absolute Gasteiger partial charge is 0.480 e. The van der Waals surface area contributed by atoms with Gasteiger partial charge < -0.3 is 21.5 Å². The predicted octanol–water partition coefficient (Wildman–Crippen LogP) is -2.21. The van der Waals surface area contributed by atoms with Gasteiger partial charge in [0, 0.05) is 19.5 Å². The second kappa shape index (κ2) is 14.9. The minimum absolute atomic E-state index is 0.0618. The van der Waals surface area contributed by atoms with E-state index in [0.717, 1.165) is 6.42 Å². The molecule has 9 nitrogen and oxygen atoms in total. The lowest BCUT2D eigenvalue weighted by Gasteiger charge is -2.02. The monoisotopic (exact) mass is 290 g/mol. The highest BCUT2D eigenvalue weighted by molar-refractivity contribution is 5.78. The van der Waals surface area contributed by atoms with E-state index in [1.807, 2.05) is 6.92 Å². The summed E-state index contributed by atoms with van der Waals surface area (Å²) in [4.78, 5) is 40.3. The maximum atomic E-state index is 10.8. The van der Waals surface area contributed by atoms with Gasteiger partial charge in [0.1, 0.15) is 0 Å². The number of carboxylic acid groups (broad SMARTS) is 1. The Bertz CT molecular complexity index is 309. The van der Waals surface area contributed by atoms with Crippen molar-refractivity contribution in [3.63, 3.8) is 0 Å². The van der Waals surface area contributed by atoms with Gasteiger partial charge in [-0.1, -0.05) is 6.92 Å². The van der Waals surface area contributed by atoms with Gasteiger partial charge in [-0.25, -0.2) is 0 Å². The third-order valence-electron chi connectivity index (χ3n) is 1.73. The first kappa shape index (κ1) is 20.2. The Morgan fingerprint density at radius 2 is 1.85 bits per heavy atom. The minimum Gasteiger partial charge on any atom is -0.480 e. The molecule has 0 fully saturated rings. The van der Waals surface area contributed by atoms with Crippen LogP contribution in [0.3, 0.4) is 0 Å². The summed E-state index contributed by atoms with van der Waals surface area (Å²) in [6.07, 6.45) is 1.62. The topological polar surface area (TPSA) is 151 Å². The maximum Gasteiger partial charge on any atom is 0.317 e. The van der Waals surface area contributed by atoms with E-state index in [0.29, 0.717) is 19.5 Å². The van der Waals surface area contributed by atoms with E-state index in [1.165, 1.54) is 0 Å². The molecule has 9 heteroatoms. The van der Waals surface area contributed by atoms with Crippen LogP contribution in [0, 0.1) is 0 Å². The zero-order chi connectivity index (χ0) is 15.8. The van der Waals surface area contributed by atoms with Gasteiger partial charge in [-0.2, -0.15) is 0 Å². The first-order valence-electron chi connectivity index (χ1n) is 6.08. The van der Waals surface area contributed by atoms with E-state index in [-0.39, 0.29) is 25.4 Å². The van der Waals surface area contributed by atoms with Crippen molar-refractivity contribution in [1.29, 1.82) is 0 Å². The first-order valence-corrected chi connectivity index (χ1v) is 6.08. The number of hydrogen-bond acceptors (Lipinski definition) is 5. The van der Waals surface area contributed by atoms with Gasteiger partial charge >= 0.3 is 5.97 Å². The number of carboxylic acids is 1. The SMILES string of the molecule is CCCNC(=O)CNCC(=O)O.NC(=O)CCNC=O. The first-order chi connectivity index (χ1) is 9.43. The average molecular weight is 290 g/mol. The molecule has 0 bridgehead atoms. The second-order valence-corrected chi connectivity index (χ2v) is 3.64.